The summed E-state index contributed by atoms with van der Waals surface area (Å²) in [6.45, 7) is 7.29. The van der Waals surface area contributed by atoms with Crippen LogP contribution in [-0.2, 0) is 23.8 Å². The number of carbonyl (C=O) groups excluding carboxylic acids is 2. The zero-order valence-electron chi connectivity index (χ0n) is 8.23. The monoisotopic (exact) mass is 212 g/mol. The van der Waals surface area contributed by atoms with Crippen LogP contribution in [0.3, 0.4) is 0 Å². The second-order valence-corrected chi connectivity index (χ2v) is 2.97. The summed E-state index contributed by atoms with van der Waals surface area (Å²) in [6.07, 6.45) is 1.02. The van der Waals surface area contributed by atoms with Crippen LogP contribution in [0.4, 0.5) is 0 Å². The van der Waals surface area contributed by atoms with Gasteiger partial charge in [-0.1, -0.05) is 13.2 Å². The van der Waals surface area contributed by atoms with E-state index in [-0.39, 0.29) is 24.9 Å². The smallest absolute Gasteiger partial charge is 0.336 e. The first-order valence-electron chi connectivity index (χ1n) is 4.39. The summed E-state index contributed by atoms with van der Waals surface area (Å²) >= 11 is 0. The topological polar surface area (TPSA) is 65.1 Å². The van der Waals surface area contributed by atoms with Crippen molar-refractivity contribution in [2.45, 2.75) is 6.10 Å². The third-order valence-electron chi connectivity index (χ3n) is 1.65. The lowest BCUT2D eigenvalue weighted by Gasteiger charge is -2.05. The van der Waals surface area contributed by atoms with Crippen molar-refractivity contribution in [2.75, 3.05) is 19.8 Å². The lowest BCUT2D eigenvalue weighted by Crippen LogP contribution is -2.16. The number of rotatable bonds is 6. The predicted molar refractivity (Wildman–Crippen MR) is 51.0 cm³/mol. The fraction of sp³-hybridized carbons (Fsp3) is 0.400. The molecule has 1 saturated heterocycles. The number of hydrogen-bond acceptors (Lipinski definition) is 5. The number of hydrogen-bond donors (Lipinski definition) is 0. The Hall–Kier alpha value is -1.62. The van der Waals surface area contributed by atoms with E-state index >= 15 is 0 Å². The van der Waals surface area contributed by atoms with Crippen molar-refractivity contribution in [3.63, 3.8) is 0 Å². The first-order valence-corrected chi connectivity index (χ1v) is 4.39. The minimum Gasteiger partial charge on any atom is -0.459 e. The first kappa shape index (κ1) is 11.5. The van der Waals surface area contributed by atoms with E-state index in [9.17, 15) is 9.59 Å². The summed E-state index contributed by atoms with van der Waals surface area (Å²) in [5.41, 5.74) is 0.0888. The molecule has 0 bridgehead atoms. The number of ether oxygens (including phenoxy) is 3. The molecule has 0 aromatic rings. The Morgan fingerprint density at radius 3 is 2.67 bits per heavy atom. The molecule has 1 aliphatic heterocycles. The lowest BCUT2D eigenvalue weighted by molar-refractivity contribution is -0.142. The zero-order chi connectivity index (χ0) is 11.3. The zero-order valence-corrected chi connectivity index (χ0v) is 8.23. The molecule has 0 amide bonds. The average Bonchev–Trinajstić information content (AvgIpc) is 3.05. The van der Waals surface area contributed by atoms with Crippen LogP contribution in [0.2, 0.25) is 0 Å². The SMILES string of the molecule is C=CC(=O)OCC(=C)C(=O)OCC1CO1. The molecule has 0 aromatic carbocycles. The van der Waals surface area contributed by atoms with Gasteiger partial charge in [-0.3, -0.25) is 0 Å². The van der Waals surface area contributed by atoms with Gasteiger partial charge in [0.15, 0.2) is 0 Å². The molecule has 1 atom stereocenters. The molecule has 0 aromatic heterocycles. The van der Waals surface area contributed by atoms with Crippen molar-refractivity contribution in [3.05, 3.63) is 24.8 Å². The summed E-state index contributed by atoms with van der Waals surface area (Å²) in [5.74, 6) is -1.18. The highest BCUT2D eigenvalue weighted by molar-refractivity contribution is 5.89. The molecule has 0 aliphatic carbocycles. The van der Waals surface area contributed by atoms with Crippen LogP contribution in [0, 0.1) is 0 Å². The van der Waals surface area contributed by atoms with E-state index in [0.29, 0.717) is 6.61 Å². The molecular formula is C10H12O5. The van der Waals surface area contributed by atoms with Crippen molar-refractivity contribution in [2.24, 2.45) is 0 Å². The summed E-state index contributed by atoms with van der Waals surface area (Å²) in [4.78, 5) is 21.8. The number of esters is 2. The standard InChI is InChI=1S/C10H12O5/c1-3-9(11)14-4-7(2)10(12)15-6-8-5-13-8/h3,8H,1-2,4-6H2. The van der Waals surface area contributed by atoms with Crippen LogP contribution in [0.15, 0.2) is 24.8 Å². The molecule has 82 valence electrons. The van der Waals surface area contributed by atoms with Gasteiger partial charge in [-0.05, 0) is 0 Å². The van der Waals surface area contributed by atoms with Crippen molar-refractivity contribution in [3.8, 4) is 0 Å². The van der Waals surface area contributed by atoms with Crippen molar-refractivity contribution < 1.29 is 23.8 Å². The third-order valence-corrected chi connectivity index (χ3v) is 1.65. The van der Waals surface area contributed by atoms with Crippen LogP contribution in [0.1, 0.15) is 0 Å². The Labute approximate surface area is 87.3 Å². The number of epoxide rings is 1. The van der Waals surface area contributed by atoms with Gasteiger partial charge in [0.25, 0.3) is 0 Å². The van der Waals surface area contributed by atoms with Gasteiger partial charge < -0.3 is 14.2 Å². The van der Waals surface area contributed by atoms with Crippen LogP contribution in [0.25, 0.3) is 0 Å². The summed E-state index contributed by atoms with van der Waals surface area (Å²) in [6, 6.07) is 0. The Morgan fingerprint density at radius 1 is 1.47 bits per heavy atom. The van der Waals surface area contributed by atoms with E-state index in [1.165, 1.54) is 0 Å². The molecule has 1 aliphatic rings. The van der Waals surface area contributed by atoms with Gasteiger partial charge in [-0.25, -0.2) is 9.59 Å². The van der Waals surface area contributed by atoms with Gasteiger partial charge in [0.05, 0.1) is 12.2 Å². The largest absolute Gasteiger partial charge is 0.459 e. The summed E-state index contributed by atoms with van der Waals surface area (Å²) < 4.78 is 14.3. The van der Waals surface area contributed by atoms with E-state index in [4.69, 9.17) is 9.47 Å². The van der Waals surface area contributed by atoms with Crippen molar-refractivity contribution in [1.82, 2.24) is 0 Å². The van der Waals surface area contributed by atoms with Crippen LogP contribution in [-0.4, -0.2) is 37.9 Å². The van der Waals surface area contributed by atoms with Crippen LogP contribution >= 0.6 is 0 Å². The Bertz CT molecular complexity index is 290. The second kappa shape index (κ2) is 5.31. The fourth-order valence-electron chi connectivity index (χ4n) is 0.711. The van der Waals surface area contributed by atoms with Gasteiger partial charge in [0, 0.05) is 6.08 Å². The summed E-state index contributed by atoms with van der Waals surface area (Å²) in [5, 5.41) is 0. The molecule has 0 saturated carbocycles. The van der Waals surface area contributed by atoms with Gasteiger partial charge >= 0.3 is 11.9 Å². The van der Waals surface area contributed by atoms with Gasteiger partial charge in [0.1, 0.15) is 19.3 Å². The Kier molecular flexibility index (Phi) is 4.05. The maximum Gasteiger partial charge on any atom is 0.336 e. The highest BCUT2D eigenvalue weighted by Crippen LogP contribution is 2.09. The second-order valence-electron chi connectivity index (χ2n) is 2.97. The van der Waals surface area contributed by atoms with Gasteiger partial charge in [0.2, 0.25) is 0 Å². The number of carbonyl (C=O) groups is 2. The normalized spacial score (nSPS) is 17.7. The molecule has 1 fully saturated rings. The van der Waals surface area contributed by atoms with E-state index in [0.717, 1.165) is 6.08 Å². The van der Waals surface area contributed by atoms with E-state index in [2.05, 4.69) is 17.9 Å². The van der Waals surface area contributed by atoms with E-state index in [1.54, 1.807) is 0 Å². The predicted octanol–water partition coefficient (Wildman–Crippen LogP) is 0.214. The van der Waals surface area contributed by atoms with E-state index < -0.39 is 11.9 Å². The molecule has 5 nitrogen and oxygen atoms in total. The fourth-order valence-corrected chi connectivity index (χ4v) is 0.711. The summed E-state index contributed by atoms with van der Waals surface area (Å²) in [7, 11) is 0. The molecule has 0 radical (unpaired) electrons. The van der Waals surface area contributed by atoms with Gasteiger partial charge in [-0.2, -0.15) is 0 Å². The third kappa shape index (κ3) is 4.42. The Morgan fingerprint density at radius 2 is 2.13 bits per heavy atom. The lowest BCUT2D eigenvalue weighted by atomic mass is 10.3. The maximum absolute atomic E-state index is 11.2. The highest BCUT2D eigenvalue weighted by Gasteiger charge is 2.24. The molecule has 1 heterocycles. The highest BCUT2D eigenvalue weighted by atomic mass is 16.6. The molecule has 1 rings (SSSR count). The van der Waals surface area contributed by atoms with Gasteiger partial charge in [-0.15, -0.1) is 0 Å². The molecule has 1 unspecified atom stereocenters. The molecule has 5 heteroatoms. The van der Waals surface area contributed by atoms with Crippen molar-refractivity contribution in [1.29, 1.82) is 0 Å². The van der Waals surface area contributed by atoms with Crippen molar-refractivity contribution >= 4 is 11.9 Å². The van der Waals surface area contributed by atoms with E-state index in [1.807, 2.05) is 0 Å². The minimum atomic E-state index is -0.602. The molecular weight excluding hydrogens is 200 g/mol. The maximum atomic E-state index is 11.2. The molecule has 0 spiro atoms. The molecule has 0 N–H and O–H groups in total. The average molecular weight is 212 g/mol. The Balaban J connectivity index is 2.16. The van der Waals surface area contributed by atoms with Crippen LogP contribution in [0.5, 0.6) is 0 Å². The first-order chi connectivity index (χ1) is 7.13. The quantitative estimate of drug-likeness (QED) is 0.358. The minimum absolute atomic E-state index is 0.0116. The molecule has 15 heavy (non-hydrogen) atoms. The van der Waals surface area contributed by atoms with Crippen LogP contribution < -0.4 is 0 Å².